The van der Waals surface area contributed by atoms with Crippen LogP contribution in [0.4, 0.5) is 0 Å². The molecule has 0 N–H and O–H groups in total. The van der Waals surface area contributed by atoms with Gasteiger partial charge in [0.1, 0.15) is 5.75 Å². The highest BCUT2D eigenvalue weighted by Gasteiger charge is 2.21. The summed E-state index contributed by atoms with van der Waals surface area (Å²) in [4.78, 5) is 2.51. The van der Waals surface area contributed by atoms with Crippen LogP contribution in [0.15, 0.2) is 36.4 Å². The second-order valence-electron chi connectivity index (χ2n) is 5.56. The van der Waals surface area contributed by atoms with Crippen molar-refractivity contribution in [2.75, 3.05) is 7.11 Å². The molecule has 19 heavy (non-hydrogen) atoms. The van der Waals surface area contributed by atoms with Gasteiger partial charge in [-0.2, -0.15) is 0 Å². The Kier molecular flexibility index (Phi) is 4.22. The van der Waals surface area contributed by atoms with Crippen LogP contribution in [-0.4, -0.2) is 7.11 Å². The fourth-order valence-electron chi connectivity index (χ4n) is 1.92. The Hall–Kier alpha value is -0.990. The molecule has 1 nitrogen and oxygen atoms in total. The van der Waals surface area contributed by atoms with E-state index in [1.165, 1.54) is 4.88 Å². The van der Waals surface area contributed by atoms with Gasteiger partial charge in [0.15, 0.2) is 0 Å². The number of para-hydroxylation sites is 1. The maximum atomic E-state index is 6.61. The second kappa shape index (κ2) is 5.56. The first-order chi connectivity index (χ1) is 8.93. The molecule has 1 aromatic heterocycles. The van der Waals surface area contributed by atoms with E-state index in [1.54, 1.807) is 18.4 Å². The zero-order valence-corrected chi connectivity index (χ0v) is 13.3. The molecular weight excluding hydrogens is 276 g/mol. The third kappa shape index (κ3) is 3.13. The standard InChI is InChI=1S/C16H19ClOS/c1-16(2,3)14-10-9-13(19-14)15(17)11-7-5-6-8-12(11)18-4/h5-10,15H,1-4H3. The van der Waals surface area contributed by atoms with Gasteiger partial charge < -0.3 is 4.74 Å². The van der Waals surface area contributed by atoms with Crippen molar-refractivity contribution in [2.45, 2.75) is 31.6 Å². The molecule has 0 saturated carbocycles. The van der Waals surface area contributed by atoms with Gasteiger partial charge >= 0.3 is 0 Å². The Labute approximate surface area is 124 Å². The number of rotatable bonds is 3. The van der Waals surface area contributed by atoms with E-state index in [4.69, 9.17) is 16.3 Å². The van der Waals surface area contributed by atoms with E-state index in [0.29, 0.717) is 0 Å². The smallest absolute Gasteiger partial charge is 0.123 e. The van der Waals surface area contributed by atoms with Crippen LogP contribution < -0.4 is 4.74 Å². The van der Waals surface area contributed by atoms with Gasteiger partial charge in [0.05, 0.1) is 12.5 Å². The molecule has 102 valence electrons. The average Bonchev–Trinajstić information content (AvgIpc) is 2.87. The zero-order chi connectivity index (χ0) is 14.0. The van der Waals surface area contributed by atoms with E-state index < -0.39 is 0 Å². The molecule has 1 heterocycles. The zero-order valence-electron chi connectivity index (χ0n) is 11.7. The number of hydrogen-bond acceptors (Lipinski definition) is 2. The van der Waals surface area contributed by atoms with Crippen molar-refractivity contribution >= 4 is 22.9 Å². The molecular formula is C16H19ClOS. The number of benzene rings is 1. The van der Waals surface area contributed by atoms with Crippen molar-refractivity contribution < 1.29 is 4.74 Å². The molecule has 2 aromatic rings. The van der Waals surface area contributed by atoms with Crippen LogP contribution in [0.1, 0.15) is 41.5 Å². The molecule has 3 heteroatoms. The minimum absolute atomic E-state index is 0.155. The summed E-state index contributed by atoms with van der Waals surface area (Å²) < 4.78 is 5.38. The average molecular weight is 295 g/mol. The maximum absolute atomic E-state index is 6.61. The summed E-state index contributed by atoms with van der Waals surface area (Å²) in [7, 11) is 1.68. The first-order valence-electron chi connectivity index (χ1n) is 6.30. The highest BCUT2D eigenvalue weighted by atomic mass is 35.5. The van der Waals surface area contributed by atoms with Crippen molar-refractivity contribution in [3.63, 3.8) is 0 Å². The lowest BCUT2D eigenvalue weighted by Gasteiger charge is -2.16. The van der Waals surface area contributed by atoms with E-state index in [9.17, 15) is 0 Å². The maximum Gasteiger partial charge on any atom is 0.123 e. The minimum Gasteiger partial charge on any atom is -0.496 e. The summed E-state index contributed by atoms with van der Waals surface area (Å²) in [5.74, 6) is 0.841. The van der Waals surface area contributed by atoms with E-state index in [0.717, 1.165) is 16.2 Å². The third-order valence-electron chi connectivity index (χ3n) is 3.03. The van der Waals surface area contributed by atoms with Crippen molar-refractivity contribution in [3.05, 3.63) is 51.7 Å². The van der Waals surface area contributed by atoms with Crippen molar-refractivity contribution in [1.82, 2.24) is 0 Å². The molecule has 0 aliphatic heterocycles. The lowest BCUT2D eigenvalue weighted by molar-refractivity contribution is 0.410. The first-order valence-corrected chi connectivity index (χ1v) is 7.56. The third-order valence-corrected chi connectivity index (χ3v) is 5.20. The lowest BCUT2D eigenvalue weighted by Crippen LogP contribution is -2.07. The van der Waals surface area contributed by atoms with Gasteiger partial charge in [-0.15, -0.1) is 22.9 Å². The second-order valence-corrected chi connectivity index (χ2v) is 7.11. The number of methoxy groups -OCH3 is 1. The number of hydrogen-bond donors (Lipinski definition) is 0. The van der Waals surface area contributed by atoms with Crippen LogP contribution in [0.5, 0.6) is 5.75 Å². The summed E-state index contributed by atoms with van der Waals surface area (Å²) in [5.41, 5.74) is 1.19. The number of halogens is 1. The largest absolute Gasteiger partial charge is 0.496 e. The topological polar surface area (TPSA) is 9.23 Å². The number of alkyl halides is 1. The molecule has 0 fully saturated rings. The van der Waals surface area contributed by atoms with Crippen molar-refractivity contribution in [1.29, 1.82) is 0 Å². The lowest BCUT2D eigenvalue weighted by atomic mass is 9.95. The monoisotopic (exact) mass is 294 g/mol. The highest BCUT2D eigenvalue weighted by Crippen LogP contribution is 2.40. The Morgan fingerprint density at radius 3 is 2.37 bits per heavy atom. The Morgan fingerprint density at radius 1 is 1.11 bits per heavy atom. The van der Waals surface area contributed by atoms with Crippen LogP contribution >= 0.6 is 22.9 Å². The molecule has 0 aliphatic carbocycles. The molecule has 0 aliphatic rings. The quantitative estimate of drug-likeness (QED) is 0.690. The van der Waals surface area contributed by atoms with E-state index >= 15 is 0 Å². The molecule has 1 unspecified atom stereocenters. The predicted octanol–water partition coefficient (Wildman–Crippen LogP) is 5.38. The van der Waals surface area contributed by atoms with E-state index in [1.807, 2.05) is 24.3 Å². The van der Waals surface area contributed by atoms with E-state index in [2.05, 4.69) is 32.9 Å². The summed E-state index contributed by atoms with van der Waals surface area (Å²) >= 11 is 8.38. The van der Waals surface area contributed by atoms with Gasteiger partial charge in [-0.05, 0) is 23.6 Å². The van der Waals surface area contributed by atoms with Crippen LogP contribution in [0.3, 0.4) is 0 Å². The van der Waals surface area contributed by atoms with Crippen LogP contribution in [0.2, 0.25) is 0 Å². The Bertz CT molecular complexity index is 554. The molecule has 2 rings (SSSR count). The number of ether oxygens (including phenoxy) is 1. The van der Waals surface area contributed by atoms with Gasteiger partial charge in [0.2, 0.25) is 0 Å². The molecule has 0 amide bonds. The Balaban J connectivity index is 2.34. The van der Waals surface area contributed by atoms with Crippen LogP contribution in [-0.2, 0) is 5.41 Å². The van der Waals surface area contributed by atoms with Gasteiger partial charge in [-0.1, -0.05) is 39.0 Å². The molecule has 0 saturated heterocycles. The fourth-order valence-corrected chi connectivity index (χ4v) is 3.37. The van der Waals surface area contributed by atoms with Crippen molar-refractivity contribution in [2.24, 2.45) is 0 Å². The summed E-state index contributed by atoms with van der Waals surface area (Å²) in [5, 5.41) is -0.155. The van der Waals surface area contributed by atoms with Gasteiger partial charge in [0.25, 0.3) is 0 Å². The molecule has 0 spiro atoms. The summed E-state index contributed by atoms with van der Waals surface area (Å²) in [6.07, 6.45) is 0. The summed E-state index contributed by atoms with van der Waals surface area (Å²) in [6, 6.07) is 12.2. The SMILES string of the molecule is COc1ccccc1C(Cl)c1ccc(C(C)(C)C)s1. The van der Waals surface area contributed by atoms with Crippen LogP contribution in [0.25, 0.3) is 0 Å². The molecule has 1 aromatic carbocycles. The Morgan fingerprint density at radius 2 is 1.79 bits per heavy atom. The molecule has 0 radical (unpaired) electrons. The minimum atomic E-state index is -0.155. The molecule has 0 bridgehead atoms. The normalized spacial score (nSPS) is 13.3. The summed E-state index contributed by atoms with van der Waals surface area (Å²) in [6.45, 7) is 6.65. The van der Waals surface area contributed by atoms with Gasteiger partial charge in [0, 0.05) is 15.3 Å². The van der Waals surface area contributed by atoms with Crippen LogP contribution in [0, 0.1) is 0 Å². The van der Waals surface area contributed by atoms with Crippen molar-refractivity contribution in [3.8, 4) is 5.75 Å². The van der Waals surface area contributed by atoms with Gasteiger partial charge in [-0.3, -0.25) is 0 Å². The van der Waals surface area contributed by atoms with Gasteiger partial charge in [-0.25, -0.2) is 0 Å². The predicted molar refractivity (Wildman–Crippen MR) is 83.7 cm³/mol. The first kappa shape index (κ1) is 14.4. The highest BCUT2D eigenvalue weighted by molar-refractivity contribution is 7.12. The van der Waals surface area contributed by atoms with E-state index in [-0.39, 0.29) is 10.8 Å². The molecule has 1 atom stereocenters. The fraction of sp³-hybridized carbons (Fsp3) is 0.375. The number of thiophene rings is 1.